The van der Waals surface area contributed by atoms with Gasteiger partial charge in [0.25, 0.3) is 0 Å². The molecule has 2 saturated heterocycles. The molecule has 0 saturated carbocycles. The summed E-state index contributed by atoms with van der Waals surface area (Å²) in [4.78, 5) is 30.5. The molecular formula is C19H26FN3O3. The van der Waals surface area contributed by atoms with Crippen LogP contribution in [0, 0.1) is 5.82 Å². The Hall–Kier alpha value is -1.99. The van der Waals surface area contributed by atoms with E-state index in [1.54, 1.807) is 11.0 Å². The predicted octanol–water partition coefficient (Wildman–Crippen LogP) is 0.761. The van der Waals surface area contributed by atoms with Gasteiger partial charge in [0.05, 0.1) is 19.8 Å². The maximum absolute atomic E-state index is 13.2. The van der Waals surface area contributed by atoms with Crippen molar-refractivity contribution in [3.05, 3.63) is 35.6 Å². The van der Waals surface area contributed by atoms with Crippen molar-refractivity contribution in [2.24, 2.45) is 0 Å². The SMILES string of the molecule is O=C(CCc1cccc(F)c1)N1CCN(C(=O)CN2CCOCC2)CC1. The second kappa shape index (κ2) is 9.09. The lowest BCUT2D eigenvalue weighted by Crippen LogP contribution is -2.53. The number of hydrogen-bond donors (Lipinski definition) is 0. The number of amides is 2. The fraction of sp³-hybridized carbons (Fsp3) is 0.579. The van der Waals surface area contributed by atoms with Gasteiger partial charge in [-0.1, -0.05) is 12.1 Å². The normalized spacial score (nSPS) is 18.8. The molecule has 1 aromatic rings. The Labute approximate surface area is 153 Å². The molecule has 0 aromatic heterocycles. The summed E-state index contributed by atoms with van der Waals surface area (Å²) in [6.45, 7) is 5.67. The van der Waals surface area contributed by atoms with Crippen LogP contribution in [-0.2, 0) is 20.7 Å². The molecule has 3 rings (SSSR count). The van der Waals surface area contributed by atoms with Crippen LogP contribution < -0.4 is 0 Å². The molecule has 7 heteroatoms. The minimum atomic E-state index is -0.276. The summed E-state index contributed by atoms with van der Waals surface area (Å²) in [5.41, 5.74) is 0.831. The lowest BCUT2D eigenvalue weighted by Gasteiger charge is -2.36. The summed E-state index contributed by atoms with van der Waals surface area (Å²) in [5, 5.41) is 0. The van der Waals surface area contributed by atoms with Crippen molar-refractivity contribution in [2.75, 3.05) is 59.0 Å². The van der Waals surface area contributed by atoms with Gasteiger partial charge in [-0.2, -0.15) is 0 Å². The standard InChI is InChI=1S/C19H26FN3O3/c20-17-3-1-2-16(14-17)4-5-18(24)22-6-8-23(9-7-22)19(25)15-21-10-12-26-13-11-21/h1-3,14H,4-13,15H2. The molecule has 2 amide bonds. The van der Waals surface area contributed by atoms with Crippen LogP contribution in [-0.4, -0.2) is 85.5 Å². The van der Waals surface area contributed by atoms with Gasteiger partial charge < -0.3 is 14.5 Å². The molecule has 0 aliphatic carbocycles. The van der Waals surface area contributed by atoms with Gasteiger partial charge in [-0.3, -0.25) is 14.5 Å². The highest BCUT2D eigenvalue weighted by Gasteiger charge is 2.25. The van der Waals surface area contributed by atoms with E-state index in [-0.39, 0.29) is 17.6 Å². The molecular weight excluding hydrogens is 337 g/mol. The number of halogens is 1. The summed E-state index contributed by atoms with van der Waals surface area (Å²) in [6.07, 6.45) is 0.901. The maximum Gasteiger partial charge on any atom is 0.236 e. The largest absolute Gasteiger partial charge is 0.379 e. The summed E-state index contributed by atoms with van der Waals surface area (Å²) in [7, 11) is 0. The van der Waals surface area contributed by atoms with Gasteiger partial charge in [0, 0.05) is 45.7 Å². The van der Waals surface area contributed by atoms with E-state index < -0.39 is 0 Å². The number of piperazine rings is 1. The molecule has 0 radical (unpaired) electrons. The highest BCUT2D eigenvalue weighted by atomic mass is 19.1. The fourth-order valence-electron chi connectivity index (χ4n) is 3.36. The Balaban J connectivity index is 1.39. The number of aryl methyl sites for hydroxylation is 1. The smallest absolute Gasteiger partial charge is 0.236 e. The van der Waals surface area contributed by atoms with Crippen LogP contribution in [0.5, 0.6) is 0 Å². The van der Waals surface area contributed by atoms with Gasteiger partial charge >= 0.3 is 0 Å². The maximum atomic E-state index is 13.2. The number of nitrogens with zero attached hydrogens (tertiary/aromatic N) is 3. The van der Waals surface area contributed by atoms with Gasteiger partial charge in [0.15, 0.2) is 0 Å². The molecule has 0 spiro atoms. The number of morpholine rings is 1. The molecule has 2 aliphatic rings. The van der Waals surface area contributed by atoms with Crippen molar-refractivity contribution < 1.29 is 18.7 Å². The number of carbonyl (C=O) groups excluding carboxylic acids is 2. The number of hydrogen-bond acceptors (Lipinski definition) is 4. The van der Waals surface area contributed by atoms with Gasteiger partial charge in [-0.05, 0) is 24.1 Å². The summed E-state index contributed by atoms with van der Waals surface area (Å²) in [6, 6.07) is 6.36. The van der Waals surface area contributed by atoms with Crippen LogP contribution in [0.2, 0.25) is 0 Å². The lowest BCUT2D eigenvalue weighted by atomic mass is 10.1. The third-order valence-electron chi connectivity index (χ3n) is 4.96. The highest BCUT2D eigenvalue weighted by Crippen LogP contribution is 2.10. The number of rotatable bonds is 5. The van der Waals surface area contributed by atoms with E-state index in [2.05, 4.69) is 4.90 Å². The first-order chi connectivity index (χ1) is 12.6. The Bertz CT molecular complexity index is 626. The van der Waals surface area contributed by atoms with Crippen LogP contribution in [0.3, 0.4) is 0 Å². The van der Waals surface area contributed by atoms with Crippen molar-refractivity contribution in [1.29, 1.82) is 0 Å². The molecule has 0 atom stereocenters. The Morgan fingerprint density at radius 1 is 0.962 bits per heavy atom. The van der Waals surface area contributed by atoms with Crippen LogP contribution in [0.25, 0.3) is 0 Å². The molecule has 0 N–H and O–H groups in total. The van der Waals surface area contributed by atoms with Crippen molar-refractivity contribution >= 4 is 11.8 Å². The first-order valence-corrected chi connectivity index (χ1v) is 9.22. The van der Waals surface area contributed by atoms with Crippen LogP contribution in [0.15, 0.2) is 24.3 Å². The minimum absolute atomic E-state index is 0.0644. The van der Waals surface area contributed by atoms with Crippen LogP contribution in [0.1, 0.15) is 12.0 Å². The summed E-state index contributed by atoms with van der Waals surface area (Å²) < 4.78 is 18.5. The molecule has 0 unspecified atom stereocenters. The van der Waals surface area contributed by atoms with Gasteiger partial charge in [-0.15, -0.1) is 0 Å². The second-order valence-corrected chi connectivity index (χ2v) is 6.78. The molecule has 0 bridgehead atoms. The number of ether oxygens (including phenoxy) is 1. The summed E-state index contributed by atoms with van der Waals surface area (Å²) >= 11 is 0. The van der Waals surface area contributed by atoms with Crippen molar-refractivity contribution in [3.8, 4) is 0 Å². The average molecular weight is 363 g/mol. The van der Waals surface area contributed by atoms with Crippen molar-refractivity contribution in [2.45, 2.75) is 12.8 Å². The first-order valence-electron chi connectivity index (χ1n) is 9.22. The highest BCUT2D eigenvalue weighted by molar-refractivity contribution is 5.79. The Morgan fingerprint density at radius 3 is 2.27 bits per heavy atom. The molecule has 26 heavy (non-hydrogen) atoms. The Morgan fingerprint density at radius 2 is 1.62 bits per heavy atom. The zero-order valence-electron chi connectivity index (χ0n) is 15.0. The van der Waals surface area contributed by atoms with Crippen molar-refractivity contribution in [3.63, 3.8) is 0 Å². The molecule has 1 aromatic carbocycles. The van der Waals surface area contributed by atoms with E-state index in [1.807, 2.05) is 11.0 Å². The van der Waals surface area contributed by atoms with E-state index in [9.17, 15) is 14.0 Å². The van der Waals surface area contributed by atoms with E-state index in [1.165, 1.54) is 12.1 Å². The average Bonchev–Trinajstić information content (AvgIpc) is 2.67. The van der Waals surface area contributed by atoms with Gasteiger partial charge in [0.1, 0.15) is 5.82 Å². The fourth-order valence-corrected chi connectivity index (χ4v) is 3.36. The summed E-state index contributed by atoms with van der Waals surface area (Å²) in [5.74, 6) is -0.0874. The van der Waals surface area contributed by atoms with Gasteiger partial charge in [-0.25, -0.2) is 4.39 Å². The van der Waals surface area contributed by atoms with E-state index in [0.29, 0.717) is 58.8 Å². The zero-order chi connectivity index (χ0) is 18.4. The second-order valence-electron chi connectivity index (χ2n) is 6.78. The molecule has 2 fully saturated rings. The monoisotopic (exact) mass is 363 g/mol. The lowest BCUT2D eigenvalue weighted by molar-refractivity contribution is -0.140. The molecule has 2 heterocycles. The zero-order valence-corrected chi connectivity index (χ0v) is 15.0. The van der Waals surface area contributed by atoms with Crippen molar-refractivity contribution in [1.82, 2.24) is 14.7 Å². The van der Waals surface area contributed by atoms with E-state index in [4.69, 9.17) is 4.74 Å². The Kier molecular flexibility index (Phi) is 6.57. The third-order valence-corrected chi connectivity index (χ3v) is 4.96. The predicted molar refractivity (Wildman–Crippen MR) is 95.1 cm³/mol. The molecule has 142 valence electrons. The molecule has 2 aliphatic heterocycles. The number of benzene rings is 1. The topological polar surface area (TPSA) is 53.1 Å². The third kappa shape index (κ3) is 5.25. The van der Waals surface area contributed by atoms with Crippen LogP contribution >= 0.6 is 0 Å². The van der Waals surface area contributed by atoms with E-state index in [0.717, 1.165) is 18.7 Å². The van der Waals surface area contributed by atoms with E-state index >= 15 is 0 Å². The first kappa shape index (κ1) is 18.8. The quantitative estimate of drug-likeness (QED) is 0.775. The van der Waals surface area contributed by atoms with Crippen LogP contribution in [0.4, 0.5) is 4.39 Å². The van der Waals surface area contributed by atoms with Gasteiger partial charge in [0.2, 0.25) is 11.8 Å². The number of carbonyl (C=O) groups is 2. The minimum Gasteiger partial charge on any atom is -0.379 e. The molecule has 6 nitrogen and oxygen atoms in total.